The van der Waals surface area contributed by atoms with Gasteiger partial charge in [-0.25, -0.2) is 9.97 Å². The molecule has 1 unspecified atom stereocenters. The van der Waals surface area contributed by atoms with Crippen LogP contribution < -0.4 is 9.64 Å². The number of hydrogen-bond acceptors (Lipinski definition) is 6. The zero-order chi connectivity index (χ0) is 18.1. The van der Waals surface area contributed by atoms with E-state index in [0.29, 0.717) is 0 Å². The molecular weight excluding hydrogens is 382 g/mol. The highest BCUT2D eigenvalue weighted by Gasteiger charge is 2.25. The molecule has 0 saturated carbocycles. The van der Waals surface area contributed by atoms with Gasteiger partial charge in [-0.15, -0.1) is 23.1 Å². The van der Waals surface area contributed by atoms with Crippen LogP contribution in [-0.4, -0.2) is 36.9 Å². The quantitative estimate of drug-likeness (QED) is 0.401. The van der Waals surface area contributed by atoms with Crippen LogP contribution in [0.5, 0.6) is 5.75 Å². The van der Waals surface area contributed by atoms with Crippen LogP contribution in [0.4, 0.5) is 0 Å². The van der Waals surface area contributed by atoms with Gasteiger partial charge in [-0.05, 0) is 29.5 Å². The highest BCUT2D eigenvalue weighted by atomic mass is 32.2. The van der Waals surface area contributed by atoms with Gasteiger partial charge < -0.3 is 9.64 Å². The van der Waals surface area contributed by atoms with Crippen LogP contribution in [0.2, 0.25) is 0 Å². The van der Waals surface area contributed by atoms with Gasteiger partial charge >= 0.3 is 0 Å². The molecule has 136 valence electrons. The van der Waals surface area contributed by atoms with Gasteiger partial charge in [0, 0.05) is 17.6 Å². The van der Waals surface area contributed by atoms with Gasteiger partial charge in [0.1, 0.15) is 22.2 Å². The number of rotatable bonds is 5. The van der Waals surface area contributed by atoms with Gasteiger partial charge in [0.25, 0.3) is 0 Å². The van der Waals surface area contributed by atoms with Crippen LogP contribution >= 0.6 is 34.9 Å². The fourth-order valence-corrected chi connectivity index (χ4v) is 6.12. The molecule has 1 atom stereocenters. The van der Waals surface area contributed by atoms with E-state index < -0.39 is 0 Å². The predicted octanol–water partition coefficient (Wildman–Crippen LogP) is 3.28. The van der Waals surface area contributed by atoms with E-state index in [-0.39, 0.29) is 0 Å². The highest BCUT2D eigenvalue weighted by molar-refractivity contribution is 7.99. The Morgan fingerprint density at radius 1 is 1.23 bits per heavy atom. The molecule has 0 radical (unpaired) electrons. The fraction of sp³-hybridized carbons (Fsp3) is 0.368. The molecule has 0 bridgehead atoms. The molecule has 0 saturated heterocycles. The minimum atomic E-state index is 0.869. The molecule has 0 fully saturated rings. The van der Waals surface area contributed by atoms with Crippen molar-refractivity contribution in [3.8, 4) is 5.75 Å². The summed E-state index contributed by atoms with van der Waals surface area (Å²) in [6.07, 6.45) is 3.17. The van der Waals surface area contributed by atoms with Crippen molar-refractivity contribution in [2.45, 2.75) is 28.9 Å². The lowest BCUT2D eigenvalue weighted by molar-refractivity contribution is -0.895. The van der Waals surface area contributed by atoms with Crippen molar-refractivity contribution in [2.75, 3.05) is 27.0 Å². The Morgan fingerprint density at radius 3 is 2.77 bits per heavy atom. The largest absolute Gasteiger partial charge is 0.497 e. The Kier molecular flexibility index (Phi) is 5.40. The van der Waals surface area contributed by atoms with Crippen LogP contribution in [0.15, 0.2) is 34.4 Å². The van der Waals surface area contributed by atoms with E-state index in [4.69, 9.17) is 14.7 Å². The molecule has 0 aliphatic carbocycles. The Bertz CT molecular complexity index is 924. The fourth-order valence-electron chi connectivity index (χ4n) is 3.23. The molecule has 2 aromatic heterocycles. The summed E-state index contributed by atoms with van der Waals surface area (Å²) in [5.41, 5.74) is 2.77. The zero-order valence-corrected chi connectivity index (χ0v) is 17.6. The number of nitrogens with one attached hydrogen (secondary N) is 1. The molecule has 1 aliphatic rings. The van der Waals surface area contributed by atoms with Crippen molar-refractivity contribution in [3.63, 3.8) is 0 Å². The molecule has 1 aromatic carbocycles. The molecule has 7 heteroatoms. The number of nitrogens with zero attached hydrogens (tertiary/aromatic N) is 2. The average molecular weight is 405 g/mol. The number of quaternary nitrogens is 1. The SMILES string of the molecule is COc1ccc(CSc2nc(SC)nc3sc4c(c23)CC[NH+](C)C4)cc1. The molecule has 3 aromatic rings. The first-order valence-electron chi connectivity index (χ1n) is 8.61. The number of thioether (sulfide) groups is 2. The lowest BCUT2D eigenvalue weighted by Gasteiger charge is -2.19. The maximum atomic E-state index is 5.25. The topological polar surface area (TPSA) is 39.5 Å². The molecule has 26 heavy (non-hydrogen) atoms. The van der Waals surface area contributed by atoms with Crippen molar-refractivity contribution in [3.05, 3.63) is 40.3 Å². The van der Waals surface area contributed by atoms with Crippen LogP contribution in [0.3, 0.4) is 0 Å². The number of likely N-dealkylation sites (N-methyl/N-ethyl adjacent to an activating group) is 1. The smallest absolute Gasteiger partial charge is 0.189 e. The predicted molar refractivity (Wildman–Crippen MR) is 111 cm³/mol. The highest BCUT2D eigenvalue weighted by Crippen LogP contribution is 2.38. The second-order valence-electron chi connectivity index (χ2n) is 6.47. The first kappa shape index (κ1) is 18.1. The molecule has 0 spiro atoms. The molecule has 0 amide bonds. The van der Waals surface area contributed by atoms with Crippen molar-refractivity contribution >= 4 is 45.1 Å². The second kappa shape index (κ2) is 7.76. The molecule has 3 heterocycles. The molecule has 1 aliphatic heterocycles. The zero-order valence-electron chi connectivity index (χ0n) is 15.2. The van der Waals surface area contributed by atoms with Crippen molar-refractivity contribution in [1.82, 2.24) is 9.97 Å². The van der Waals surface area contributed by atoms with E-state index >= 15 is 0 Å². The number of hydrogen-bond donors (Lipinski definition) is 1. The van der Waals surface area contributed by atoms with E-state index in [0.717, 1.165) is 39.5 Å². The van der Waals surface area contributed by atoms with Gasteiger partial charge in [0.15, 0.2) is 5.16 Å². The third-order valence-electron chi connectivity index (χ3n) is 4.66. The third-order valence-corrected chi connectivity index (χ3v) is 7.38. The molecule has 4 rings (SSSR count). The van der Waals surface area contributed by atoms with E-state index in [2.05, 4.69) is 19.2 Å². The normalized spacial score (nSPS) is 16.7. The average Bonchev–Trinajstić information content (AvgIpc) is 3.03. The minimum Gasteiger partial charge on any atom is -0.497 e. The van der Waals surface area contributed by atoms with Gasteiger partial charge in [-0.3, -0.25) is 0 Å². The summed E-state index contributed by atoms with van der Waals surface area (Å²) >= 11 is 5.30. The van der Waals surface area contributed by atoms with Gasteiger partial charge in [-0.2, -0.15) is 0 Å². The molecular formula is C19H22N3OS3+. The van der Waals surface area contributed by atoms with Crippen molar-refractivity contribution < 1.29 is 9.64 Å². The van der Waals surface area contributed by atoms with Crippen LogP contribution in [0.25, 0.3) is 10.2 Å². The number of methoxy groups -OCH3 is 1. The lowest BCUT2D eigenvalue weighted by Crippen LogP contribution is -3.08. The van der Waals surface area contributed by atoms with E-state index in [1.54, 1.807) is 23.8 Å². The number of aromatic nitrogens is 2. The summed E-state index contributed by atoms with van der Waals surface area (Å²) in [6, 6.07) is 8.29. The first-order valence-corrected chi connectivity index (χ1v) is 11.6. The lowest BCUT2D eigenvalue weighted by atomic mass is 10.1. The van der Waals surface area contributed by atoms with E-state index in [1.807, 2.05) is 41.5 Å². The Balaban J connectivity index is 1.68. The summed E-state index contributed by atoms with van der Waals surface area (Å²) in [7, 11) is 3.97. The molecule has 1 N–H and O–H groups in total. The van der Waals surface area contributed by atoms with Crippen LogP contribution in [-0.2, 0) is 18.7 Å². The maximum Gasteiger partial charge on any atom is 0.189 e. The third kappa shape index (κ3) is 3.58. The summed E-state index contributed by atoms with van der Waals surface area (Å²) < 4.78 is 5.25. The summed E-state index contributed by atoms with van der Waals surface area (Å²) in [4.78, 5) is 13.9. The number of thiophene rings is 1. The van der Waals surface area contributed by atoms with Gasteiger partial charge in [0.2, 0.25) is 0 Å². The summed E-state index contributed by atoms with van der Waals surface area (Å²) in [5.74, 6) is 1.80. The number of benzene rings is 1. The Morgan fingerprint density at radius 2 is 2.04 bits per heavy atom. The van der Waals surface area contributed by atoms with Crippen LogP contribution in [0, 0.1) is 0 Å². The van der Waals surface area contributed by atoms with Gasteiger partial charge in [-0.1, -0.05) is 23.9 Å². The Hall–Kier alpha value is -1.28. The van der Waals surface area contributed by atoms with E-state index in [1.165, 1.54) is 27.9 Å². The number of ether oxygens (including phenoxy) is 1. The first-order chi connectivity index (χ1) is 12.7. The van der Waals surface area contributed by atoms with Crippen molar-refractivity contribution in [1.29, 1.82) is 0 Å². The minimum absolute atomic E-state index is 0.869. The summed E-state index contributed by atoms with van der Waals surface area (Å²) in [5, 5.41) is 3.30. The standard InChI is InChI=1S/C19H21N3OS3/c1-22-9-8-14-15(10-22)26-18-16(14)17(20-19(21-18)24-3)25-11-12-4-6-13(23-2)7-5-12/h4-7H,8-11H2,1-3H3/p+1. The second-order valence-corrected chi connectivity index (χ2v) is 9.29. The van der Waals surface area contributed by atoms with Gasteiger partial charge in [0.05, 0.1) is 25.6 Å². The van der Waals surface area contributed by atoms with E-state index in [9.17, 15) is 0 Å². The van der Waals surface area contributed by atoms with Crippen LogP contribution in [0.1, 0.15) is 16.0 Å². The van der Waals surface area contributed by atoms with Crippen molar-refractivity contribution in [2.24, 2.45) is 0 Å². The summed E-state index contributed by atoms with van der Waals surface area (Å²) in [6.45, 7) is 2.29. The maximum absolute atomic E-state index is 5.25. The number of fused-ring (bicyclic) bond motifs is 3. The molecule has 4 nitrogen and oxygen atoms in total. The monoisotopic (exact) mass is 404 g/mol. The Labute approximate surface area is 166 Å².